The highest BCUT2D eigenvalue weighted by Gasteiger charge is 2.01. The van der Waals surface area contributed by atoms with Crippen LogP contribution >= 0.6 is 0 Å². The van der Waals surface area contributed by atoms with Gasteiger partial charge >= 0.3 is 0 Å². The van der Waals surface area contributed by atoms with E-state index in [0.717, 1.165) is 19.0 Å². The summed E-state index contributed by atoms with van der Waals surface area (Å²) < 4.78 is 2.40. The average molecular weight is 250 g/mol. The van der Waals surface area contributed by atoms with E-state index in [-0.39, 0.29) is 0 Å². The number of rotatable bonds is 10. The van der Waals surface area contributed by atoms with Crippen molar-refractivity contribution in [2.75, 3.05) is 6.54 Å². The van der Waals surface area contributed by atoms with Crippen molar-refractivity contribution in [2.45, 2.75) is 66.0 Å². The van der Waals surface area contributed by atoms with Gasteiger partial charge in [0.25, 0.3) is 0 Å². The Morgan fingerprint density at radius 2 is 1.94 bits per heavy atom. The standard InChI is InChI=1S/C16H30N2/c1-4-5-6-7-8-11-18-12-9-10-16(18)14-17-13-15(2)3/h9-10,12,15,17H,4-8,11,13-14H2,1-3H3. The van der Waals surface area contributed by atoms with Gasteiger partial charge in [0.2, 0.25) is 0 Å². The van der Waals surface area contributed by atoms with Crippen molar-refractivity contribution < 1.29 is 0 Å². The summed E-state index contributed by atoms with van der Waals surface area (Å²) in [4.78, 5) is 0. The summed E-state index contributed by atoms with van der Waals surface area (Å²) in [7, 11) is 0. The monoisotopic (exact) mass is 250 g/mol. The van der Waals surface area contributed by atoms with E-state index in [0.29, 0.717) is 0 Å². The number of aromatic nitrogens is 1. The van der Waals surface area contributed by atoms with Crippen LogP contribution in [0.5, 0.6) is 0 Å². The predicted molar refractivity (Wildman–Crippen MR) is 79.7 cm³/mol. The van der Waals surface area contributed by atoms with Crippen LogP contribution in [-0.4, -0.2) is 11.1 Å². The summed E-state index contributed by atoms with van der Waals surface area (Å²) in [6.07, 6.45) is 8.99. The highest BCUT2D eigenvalue weighted by molar-refractivity contribution is 5.06. The Hall–Kier alpha value is -0.760. The molecule has 0 fully saturated rings. The second-order valence-electron chi connectivity index (χ2n) is 5.63. The maximum Gasteiger partial charge on any atom is 0.0359 e. The summed E-state index contributed by atoms with van der Waals surface area (Å²) in [5.74, 6) is 0.724. The lowest BCUT2D eigenvalue weighted by Gasteiger charge is -2.11. The summed E-state index contributed by atoms with van der Waals surface area (Å²) in [6.45, 7) is 10.0. The van der Waals surface area contributed by atoms with Gasteiger partial charge in [-0.1, -0.05) is 46.5 Å². The molecular weight excluding hydrogens is 220 g/mol. The van der Waals surface area contributed by atoms with Gasteiger partial charge in [0.15, 0.2) is 0 Å². The molecule has 0 aromatic carbocycles. The maximum absolute atomic E-state index is 3.52. The zero-order valence-electron chi connectivity index (χ0n) is 12.4. The van der Waals surface area contributed by atoms with E-state index in [9.17, 15) is 0 Å². The Morgan fingerprint density at radius 3 is 2.67 bits per heavy atom. The summed E-state index contributed by atoms with van der Waals surface area (Å²) in [5.41, 5.74) is 1.42. The largest absolute Gasteiger partial charge is 0.350 e. The normalized spacial score (nSPS) is 11.3. The molecule has 0 saturated heterocycles. The van der Waals surface area contributed by atoms with E-state index in [1.165, 1.54) is 44.3 Å². The van der Waals surface area contributed by atoms with Gasteiger partial charge in [-0.25, -0.2) is 0 Å². The van der Waals surface area contributed by atoms with E-state index in [1.807, 2.05) is 0 Å². The number of nitrogens with zero attached hydrogens (tertiary/aromatic N) is 1. The minimum Gasteiger partial charge on any atom is -0.350 e. The third kappa shape index (κ3) is 6.25. The molecule has 104 valence electrons. The van der Waals surface area contributed by atoms with Gasteiger partial charge < -0.3 is 9.88 Å². The Labute approximate surface area is 113 Å². The summed E-state index contributed by atoms with van der Waals surface area (Å²) in [5, 5.41) is 3.52. The lowest BCUT2D eigenvalue weighted by atomic mass is 10.1. The second kappa shape index (κ2) is 9.21. The van der Waals surface area contributed by atoms with Crippen LogP contribution in [0.4, 0.5) is 0 Å². The molecule has 2 heteroatoms. The smallest absolute Gasteiger partial charge is 0.0359 e. The number of hydrogen-bond acceptors (Lipinski definition) is 1. The fourth-order valence-electron chi connectivity index (χ4n) is 2.20. The molecule has 1 rings (SSSR count). The van der Waals surface area contributed by atoms with Crippen LogP contribution in [0.3, 0.4) is 0 Å². The fourth-order valence-corrected chi connectivity index (χ4v) is 2.20. The van der Waals surface area contributed by atoms with Crippen LogP contribution in [0.15, 0.2) is 18.3 Å². The zero-order valence-corrected chi connectivity index (χ0v) is 12.4. The van der Waals surface area contributed by atoms with Crippen LogP contribution in [0.25, 0.3) is 0 Å². The van der Waals surface area contributed by atoms with Gasteiger partial charge in [-0.2, -0.15) is 0 Å². The van der Waals surface area contributed by atoms with Crippen LogP contribution in [-0.2, 0) is 13.1 Å². The average Bonchev–Trinajstić information content (AvgIpc) is 2.76. The molecule has 1 aromatic heterocycles. The van der Waals surface area contributed by atoms with Crippen LogP contribution in [0.2, 0.25) is 0 Å². The number of hydrogen-bond donors (Lipinski definition) is 1. The first-order valence-electron chi connectivity index (χ1n) is 7.58. The lowest BCUT2D eigenvalue weighted by Crippen LogP contribution is -2.20. The van der Waals surface area contributed by atoms with E-state index >= 15 is 0 Å². The third-order valence-electron chi connectivity index (χ3n) is 3.28. The molecule has 0 amide bonds. The number of nitrogens with one attached hydrogen (secondary N) is 1. The predicted octanol–water partition coefficient (Wildman–Crippen LogP) is 4.20. The Morgan fingerprint density at radius 1 is 1.17 bits per heavy atom. The van der Waals surface area contributed by atoms with Gasteiger partial charge in [0.1, 0.15) is 0 Å². The van der Waals surface area contributed by atoms with Gasteiger partial charge in [-0.05, 0) is 31.0 Å². The quantitative estimate of drug-likeness (QED) is 0.616. The topological polar surface area (TPSA) is 17.0 Å². The van der Waals surface area contributed by atoms with Crippen molar-refractivity contribution in [3.05, 3.63) is 24.0 Å². The molecule has 0 bridgehead atoms. The van der Waals surface area contributed by atoms with Gasteiger partial charge in [-0.3, -0.25) is 0 Å². The Bertz CT molecular complexity index is 302. The molecule has 0 radical (unpaired) electrons. The molecule has 1 N–H and O–H groups in total. The Balaban J connectivity index is 2.22. The molecular formula is C16H30N2. The highest BCUT2D eigenvalue weighted by atomic mass is 15.0. The van der Waals surface area contributed by atoms with E-state index in [4.69, 9.17) is 0 Å². The molecule has 1 heterocycles. The molecule has 0 unspecified atom stereocenters. The van der Waals surface area contributed by atoms with Crippen molar-refractivity contribution in [1.29, 1.82) is 0 Å². The molecule has 0 aliphatic rings. The minimum absolute atomic E-state index is 0.724. The first-order chi connectivity index (χ1) is 8.74. The SMILES string of the molecule is CCCCCCCn1cccc1CNCC(C)C. The van der Waals surface area contributed by atoms with Crippen LogP contribution in [0.1, 0.15) is 58.6 Å². The summed E-state index contributed by atoms with van der Waals surface area (Å²) in [6, 6.07) is 4.40. The molecule has 0 saturated carbocycles. The van der Waals surface area contributed by atoms with Gasteiger partial charge in [0, 0.05) is 25.0 Å². The van der Waals surface area contributed by atoms with Crippen molar-refractivity contribution >= 4 is 0 Å². The number of unbranched alkanes of at least 4 members (excludes halogenated alkanes) is 4. The fraction of sp³-hybridized carbons (Fsp3) is 0.750. The van der Waals surface area contributed by atoms with E-state index in [1.54, 1.807) is 0 Å². The maximum atomic E-state index is 3.52. The minimum atomic E-state index is 0.724. The molecule has 1 aromatic rings. The molecule has 0 spiro atoms. The van der Waals surface area contributed by atoms with Crippen LogP contribution in [0, 0.1) is 5.92 Å². The summed E-state index contributed by atoms with van der Waals surface area (Å²) >= 11 is 0. The van der Waals surface area contributed by atoms with Crippen molar-refractivity contribution in [1.82, 2.24) is 9.88 Å². The number of aryl methyl sites for hydroxylation is 1. The first-order valence-corrected chi connectivity index (χ1v) is 7.58. The molecule has 0 aliphatic heterocycles. The van der Waals surface area contributed by atoms with Crippen molar-refractivity contribution in [3.8, 4) is 0 Å². The van der Waals surface area contributed by atoms with Crippen molar-refractivity contribution in [2.24, 2.45) is 5.92 Å². The molecule has 0 aliphatic carbocycles. The second-order valence-corrected chi connectivity index (χ2v) is 5.63. The van der Waals surface area contributed by atoms with Crippen LogP contribution < -0.4 is 5.32 Å². The first kappa shape index (κ1) is 15.3. The molecule has 18 heavy (non-hydrogen) atoms. The highest BCUT2D eigenvalue weighted by Crippen LogP contribution is 2.08. The van der Waals surface area contributed by atoms with Gasteiger partial charge in [-0.15, -0.1) is 0 Å². The lowest BCUT2D eigenvalue weighted by molar-refractivity contribution is 0.519. The third-order valence-corrected chi connectivity index (χ3v) is 3.28. The van der Waals surface area contributed by atoms with E-state index in [2.05, 4.69) is 49.0 Å². The van der Waals surface area contributed by atoms with Gasteiger partial charge in [0.05, 0.1) is 0 Å². The Kier molecular flexibility index (Phi) is 7.83. The zero-order chi connectivity index (χ0) is 13.2. The molecule has 2 nitrogen and oxygen atoms in total. The molecule has 0 atom stereocenters. The van der Waals surface area contributed by atoms with Crippen molar-refractivity contribution in [3.63, 3.8) is 0 Å². The van der Waals surface area contributed by atoms with E-state index < -0.39 is 0 Å².